The van der Waals surface area contributed by atoms with Crippen molar-refractivity contribution in [2.45, 2.75) is 18.7 Å². The van der Waals surface area contributed by atoms with Gasteiger partial charge in [0.05, 0.1) is 23.4 Å². The summed E-state index contributed by atoms with van der Waals surface area (Å²) in [7, 11) is -2.37. The predicted octanol–water partition coefficient (Wildman–Crippen LogP) is 5.12. The second kappa shape index (κ2) is 9.41. The van der Waals surface area contributed by atoms with Crippen LogP contribution in [0.3, 0.4) is 0 Å². The van der Waals surface area contributed by atoms with Gasteiger partial charge in [0.15, 0.2) is 0 Å². The van der Waals surface area contributed by atoms with Crippen LogP contribution < -0.4 is 14.4 Å². The van der Waals surface area contributed by atoms with Crippen LogP contribution in [0.2, 0.25) is 5.02 Å². The Morgan fingerprint density at radius 2 is 1.77 bits per heavy atom. The number of nitrogens with one attached hydrogen (secondary N) is 1. The van der Waals surface area contributed by atoms with Crippen LogP contribution in [0, 0.1) is 6.92 Å². The van der Waals surface area contributed by atoms with E-state index in [9.17, 15) is 13.2 Å². The topological polar surface area (TPSA) is 75.7 Å². The van der Waals surface area contributed by atoms with E-state index in [1.54, 1.807) is 55.5 Å². The van der Waals surface area contributed by atoms with Crippen molar-refractivity contribution in [1.29, 1.82) is 0 Å². The second-order valence-electron chi connectivity index (χ2n) is 6.79. The molecule has 8 heteroatoms. The summed E-state index contributed by atoms with van der Waals surface area (Å²) in [6.45, 7) is 3.83. The predicted molar refractivity (Wildman–Crippen MR) is 124 cm³/mol. The number of para-hydroxylation sites is 1. The molecular weight excluding hydrogens is 436 g/mol. The first kappa shape index (κ1) is 22.7. The molecule has 3 aromatic carbocycles. The number of methoxy groups -OCH3 is 1. The number of aryl methyl sites for hydroxylation is 1. The Balaban J connectivity index is 1.93. The normalized spacial score (nSPS) is 11.1. The molecule has 3 aromatic rings. The van der Waals surface area contributed by atoms with E-state index in [4.69, 9.17) is 16.3 Å². The maximum absolute atomic E-state index is 13.2. The van der Waals surface area contributed by atoms with Gasteiger partial charge in [-0.3, -0.25) is 9.10 Å². The lowest BCUT2D eigenvalue weighted by molar-refractivity contribution is 0.102. The van der Waals surface area contributed by atoms with E-state index >= 15 is 0 Å². The van der Waals surface area contributed by atoms with Crippen molar-refractivity contribution in [2.24, 2.45) is 0 Å². The van der Waals surface area contributed by atoms with Gasteiger partial charge in [0.2, 0.25) is 0 Å². The zero-order chi connectivity index (χ0) is 22.6. The molecule has 0 spiro atoms. The summed E-state index contributed by atoms with van der Waals surface area (Å²) in [6.07, 6.45) is 0. The van der Waals surface area contributed by atoms with Crippen LogP contribution in [0.15, 0.2) is 71.6 Å². The number of amides is 1. The third-order valence-corrected chi connectivity index (χ3v) is 7.05. The van der Waals surface area contributed by atoms with Crippen molar-refractivity contribution in [1.82, 2.24) is 0 Å². The van der Waals surface area contributed by atoms with E-state index in [2.05, 4.69) is 5.32 Å². The highest BCUT2D eigenvalue weighted by Gasteiger charge is 2.24. The number of carbonyl (C=O) groups excluding carboxylic acids is 1. The van der Waals surface area contributed by atoms with E-state index in [1.807, 2.05) is 13.0 Å². The molecule has 0 aromatic heterocycles. The molecule has 0 atom stereocenters. The molecular formula is C23H23ClN2O4S. The Labute approximate surface area is 187 Å². The lowest BCUT2D eigenvalue weighted by Crippen LogP contribution is -2.31. The first-order valence-corrected chi connectivity index (χ1v) is 11.4. The molecule has 162 valence electrons. The number of nitrogens with zero attached hydrogens (tertiary/aromatic N) is 1. The number of carbonyl (C=O) groups is 1. The highest BCUT2D eigenvalue weighted by atomic mass is 35.5. The van der Waals surface area contributed by atoms with Crippen molar-refractivity contribution >= 4 is 38.9 Å². The van der Waals surface area contributed by atoms with Gasteiger partial charge in [0.25, 0.3) is 15.9 Å². The molecule has 0 aliphatic heterocycles. The highest BCUT2D eigenvalue weighted by molar-refractivity contribution is 7.92. The molecule has 0 aliphatic rings. The standard InChI is InChI=1S/C23H23ClN2O4S/c1-4-26(18-10-6-5-7-11-18)31(28,29)19-12-8-9-17(14-19)23(27)25-21-13-16(2)20(24)15-22(21)30-3/h5-15H,4H2,1-3H3,(H,25,27). The van der Waals surface area contributed by atoms with Crippen LogP contribution in [-0.4, -0.2) is 28.0 Å². The average molecular weight is 459 g/mol. The van der Waals surface area contributed by atoms with Crippen molar-refractivity contribution < 1.29 is 17.9 Å². The van der Waals surface area contributed by atoms with E-state index in [0.717, 1.165) is 5.56 Å². The number of anilines is 2. The summed E-state index contributed by atoms with van der Waals surface area (Å²) in [5, 5.41) is 3.29. The van der Waals surface area contributed by atoms with Gasteiger partial charge in [-0.2, -0.15) is 0 Å². The van der Waals surface area contributed by atoms with Crippen molar-refractivity contribution in [3.8, 4) is 5.75 Å². The minimum atomic E-state index is -3.85. The van der Waals surface area contributed by atoms with E-state index in [1.165, 1.54) is 23.5 Å². The molecule has 0 fully saturated rings. The maximum atomic E-state index is 13.2. The van der Waals surface area contributed by atoms with Crippen LogP contribution in [0.4, 0.5) is 11.4 Å². The number of halogens is 1. The molecule has 0 saturated heterocycles. The van der Waals surface area contributed by atoms with Gasteiger partial charge in [-0.05, 0) is 55.8 Å². The molecule has 0 radical (unpaired) electrons. The fourth-order valence-electron chi connectivity index (χ4n) is 3.13. The summed E-state index contributed by atoms with van der Waals surface area (Å²) in [5.74, 6) is -0.0474. The van der Waals surface area contributed by atoms with Crippen molar-refractivity contribution in [2.75, 3.05) is 23.3 Å². The Morgan fingerprint density at radius 3 is 2.42 bits per heavy atom. The number of hydrogen-bond acceptors (Lipinski definition) is 4. The number of benzene rings is 3. The molecule has 0 saturated carbocycles. The Bertz CT molecular complexity index is 1200. The van der Waals surface area contributed by atoms with Gasteiger partial charge in [-0.1, -0.05) is 35.9 Å². The van der Waals surface area contributed by atoms with Gasteiger partial charge in [0, 0.05) is 23.2 Å². The minimum absolute atomic E-state index is 0.0325. The Morgan fingerprint density at radius 1 is 1.06 bits per heavy atom. The van der Waals surface area contributed by atoms with E-state index in [-0.39, 0.29) is 17.0 Å². The van der Waals surface area contributed by atoms with Gasteiger partial charge >= 0.3 is 0 Å². The fourth-order valence-corrected chi connectivity index (χ4v) is 4.81. The van der Waals surface area contributed by atoms with Crippen molar-refractivity contribution in [3.63, 3.8) is 0 Å². The largest absolute Gasteiger partial charge is 0.495 e. The van der Waals surface area contributed by atoms with Crippen LogP contribution >= 0.6 is 11.6 Å². The monoisotopic (exact) mass is 458 g/mol. The molecule has 0 bridgehead atoms. The lowest BCUT2D eigenvalue weighted by atomic mass is 10.1. The first-order chi connectivity index (χ1) is 14.8. The molecule has 6 nitrogen and oxygen atoms in total. The average Bonchev–Trinajstić information content (AvgIpc) is 2.77. The third-order valence-electron chi connectivity index (χ3n) is 4.74. The molecule has 1 amide bonds. The van der Waals surface area contributed by atoms with Gasteiger partial charge < -0.3 is 10.1 Å². The molecule has 0 heterocycles. The summed E-state index contributed by atoms with van der Waals surface area (Å²) >= 11 is 6.12. The van der Waals surface area contributed by atoms with Crippen LogP contribution in [-0.2, 0) is 10.0 Å². The Kier molecular flexibility index (Phi) is 6.87. The van der Waals surface area contributed by atoms with E-state index in [0.29, 0.717) is 22.1 Å². The number of ether oxygens (including phenoxy) is 1. The van der Waals surface area contributed by atoms with Crippen LogP contribution in [0.5, 0.6) is 5.75 Å². The Hall–Kier alpha value is -3.03. The molecule has 0 unspecified atom stereocenters. The highest BCUT2D eigenvalue weighted by Crippen LogP contribution is 2.31. The smallest absolute Gasteiger partial charge is 0.264 e. The summed E-state index contributed by atoms with van der Waals surface area (Å²) in [6, 6.07) is 18.1. The zero-order valence-corrected chi connectivity index (χ0v) is 19.0. The van der Waals surface area contributed by atoms with E-state index < -0.39 is 15.9 Å². The number of hydrogen-bond donors (Lipinski definition) is 1. The first-order valence-electron chi connectivity index (χ1n) is 9.61. The molecule has 0 aliphatic carbocycles. The van der Waals surface area contributed by atoms with Gasteiger partial charge in [-0.15, -0.1) is 0 Å². The number of rotatable bonds is 7. The lowest BCUT2D eigenvalue weighted by Gasteiger charge is -2.23. The summed E-state index contributed by atoms with van der Waals surface area (Å²) in [5.41, 5.74) is 1.98. The van der Waals surface area contributed by atoms with Crippen molar-refractivity contribution in [3.05, 3.63) is 82.9 Å². The molecule has 31 heavy (non-hydrogen) atoms. The molecule has 1 N–H and O–H groups in total. The van der Waals surface area contributed by atoms with Crippen LogP contribution in [0.25, 0.3) is 0 Å². The maximum Gasteiger partial charge on any atom is 0.264 e. The SMILES string of the molecule is CCN(c1ccccc1)S(=O)(=O)c1cccc(C(=O)Nc2cc(C)c(Cl)cc2OC)c1. The second-order valence-corrected chi connectivity index (χ2v) is 9.06. The molecule has 3 rings (SSSR count). The van der Waals surface area contributed by atoms with Gasteiger partial charge in [0.1, 0.15) is 5.75 Å². The fraction of sp³-hybridized carbons (Fsp3) is 0.174. The third kappa shape index (κ3) is 4.84. The number of sulfonamides is 1. The quantitative estimate of drug-likeness (QED) is 0.532. The summed E-state index contributed by atoms with van der Waals surface area (Å²) in [4.78, 5) is 12.9. The van der Waals surface area contributed by atoms with Gasteiger partial charge in [-0.25, -0.2) is 8.42 Å². The van der Waals surface area contributed by atoms with Crippen LogP contribution in [0.1, 0.15) is 22.8 Å². The minimum Gasteiger partial charge on any atom is -0.495 e. The zero-order valence-electron chi connectivity index (χ0n) is 17.4. The summed E-state index contributed by atoms with van der Waals surface area (Å²) < 4.78 is 33.1.